The van der Waals surface area contributed by atoms with Crippen molar-refractivity contribution in [2.45, 2.75) is 6.18 Å². The van der Waals surface area contributed by atoms with Crippen LogP contribution in [0.5, 0.6) is 5.75 Å². The lowest BCUT2D eigenvalue weighted by Crippen LogP contribution is -2.17. The summed E-state index contributed by atoms with van der Waals surface area (Å²) < 4.78 is 39.1. The molecule has 0 saturated heterocycles. The van der Waals surface area contributed by atoms with Gasteiger partial charge >= 0.3 is 12.1 Å². The van der Waals surface area contributed by atoms with Crippen LogP contribution >= 0.6 is 0 Å². The van der Waals surface area contributed by atoms with Gasteiger partial charge in [-0.2, -0.15) is 18.3 Å². The number of aromatic nitrogens is 2. The first-order valence-corrected chi connectivity index (χ1v) is 4.99. The number of hydrogen-bond acceptors (Lipinski definition) is 3. The third-order valence-electron chi connectivity index (χ3n) is 2.38. The number of nitrogens with zero attached hydrogens (tertiary/aromatic N) is 2. The smallest absolute Gasteiger partial charge is 0.434 e. The second kappa shape index (κ2) is 4.30. The van der Waals surface area contributed by atoms with E-state index in [2.05, 4.69) is 5.10 Å². The number of aromatic hydroxyl groups is 1. The fourth-order valence-corrected chi connectivity index (χ4v) is 1.60. The summed E-state index contributed by atoms with van der Waals surface area (Å²) in [6.45, 7) is 0. The number of carboxylic acids is 1. The molecule has 0 atom stereocenters. The molecule has 0 aliphatic carbocycles. The maximum atomic E-state index is 12.9. The van der Waals surface area contributed by atoms with Crippen LogP contribution in [0.25, 0.3) is 5.69 Å². The molecule has 0 aliphatic rings. The predicted octanol–water partition coefficient (Wildman–Crippen LogP) is 2.29. The molecule has 0 spiro atoms. The van der Waals surface area contributed by atoms with Gasteiger partial charge in [-0.1, -0.05) is 12.1 Å². The van der Waals surface area contributed by atoms with Crippen molar-refractivity contribution in [2.24, 2.45) is 0 Å². The largest absolute Gasteiger partial charge is 0.506 e. The molecule has 0 bridgehead atoms. The molecule has 1 aromatic heterocycles. The number of halogens is 3. The first-order chi connectivity index (χ1) is 8.82. The lowest BCUT2D eigenvalue weighted by molar-refractivity contribution is -0.143. The van der Waals surface area contributed by atoms with E-state index in [4.69, 9.17) is 5.11 Å². The van der Waals surface area contributed by atoms with Crippen LogP contribution in [0, 0.1) is 0 Å². The van der Waals surface area contributed by atoms with Crippen molar-refractivity contribution >= 4 is 5.97 Å². The van der Waals surface area contributed by atoms with Crippen molar-refractivity contribution < 1.29 is 28.2 Å². The fourth-order valence-electron chi connectivity index (χ4n) is 1.60. The molecule has 2 rings (SSSR count). The maximum absolute atomic E-state index is 12.9. The highest BCUT2D eigenvalue weighted by molar-refractivity contribution is 5.89. The van der Waals surface area contributed by atoms with E-state index in [-0.39, 0.29) is 5.69 Å². The number of carbonyl (C=O) groups is 1. The standard InChI is InChI=1S/C11H7F3N2O3/c12-11(13,14)9-6(10(18)19)5-15-16(9)7-3-1-2-4-8(7)17/h1-5,17H,(H,18,19). The number of alkyl halides is 3. The first kappa shape index (κ1) is 12.9. The van der Waals surface area contributed by atoms with Gasteiger partial charge in [0.25, 0.3) is 0 Å². The lowest BCUT2D eigenvalue weighted by atomic mass is 10.2. The third-order valence-corrected chi connectivity index (χ3v) is 2.38. The van der Waals surface area contributed by atoms with Crippen LogP contribution in [-0.4, -0.2) is 26.0 Å². The second-order valence-corrected chi connectivity index (χ2v) is 3.61. The van der Waals surface area contributed by atoms with Gasteiger partial charge in [-0.15, -0.1) is 0 Å². The van der Waals surface area contributed by atoms with Gasteiger partial charge in [-0.05, 0) is 12.1 Å². The van der Waals surface area contributed by atoms with Crippen LogP contribution in [0.15, 0.2) is 30.5 Å². The normalized spacial score (nSPS) is 11.5. The molecule has 0 amide bonds. The summed E-state index contributed by atoms with van der Waals surface area (Å²) in [6, 6.07) is 5.20. The van der Waals surface area contributed by atoms with Gasteiger partial charge in [0.2, 0.25) is 0 Å². The van der Waals surface area contributed by atoms with E-state index in [0.29, 0.717) is 10.9 Å². The van der Waals surface area contributed by atoms with Crippen molar-refractivity contribution in [3.63, 3.8) is 0 Å². The van der Waals surface area contributed by atoms with Gasteiger partial charge in [-0.3, -0.25) is 0 Å². The minimum atomic E-state index is -4.91. The minimum Gasteiger partial charge on any atom is -0.506 e. The number of phenols is 1. The summed E-state index contributed by atoms with van der Waals surface area (Å²) in [6.07, 6.45) is -4.32. The molecule has 1 aromatic carbocycles. The Bertz CT molecular complexity index is 634. The average Bonchev–Trinajstić information content (AvgIpc) is 2.73. The van der Waals surface area contributed by atoms with E-state index in [9.17, 15) is 23.1 Å². The lowest BCUT2D eigenvalue weighted by Gasteiger charge is -2.12. The number of benzene rings is 1. The molecule has 2 N–H and O–H groups in total. The van der Waals surface area contributed by atoms with Crippen LogP contribution in [0.4, 0.5) is 13.2 Å². The Morgan fingerprint density at radius 3 is 2.42 bits per heavy atom. The van der Waals surface area contributed by atoms with Crippen molar-refractivity contribution in [3.8, 4) is 11.4 Å². The molecule has 8 heteroatoms. The van der Waals surface area contributed by atoms with E-state index in [0.717, 1.165) is 0 Å². The van der Waals surface area contributed by atoms with Gasteiger partial charge in [0.1, 0.15) is 17.0 Å². The minimum absolute atomic E-state index is 0.248. The number of para-hydroxylation sites is 2. The SMILES string of the molecule is O=C(O)c1cnn(-c2ccccc2O)c1C(F)(F)F. The molecular weight excluding hydrogens is 265 g/mol. The number of hydrogen-bond donors (Lipinski definition) is 2. The Labute approximate surface area is 104 Å². The molecular formula is C11H7F3N2O3. The Kier molecular flexibility index (Phi) is 2.93. The molecule has 0 fully saturated rings. The predicted molar refractivity (Wildman–Crippen MR) is 57.2 cm³/mol. The molecule has 0 radical (unpaired) electrons. The van der Waals surface area contributed by atoms with Crippen LogP contribution in [-0.2, 0) is 6.18 Å². The topological polar surface area (TPSA) is 75.3 Å². The van der Waals surface area contributed by atoms with Gasteiger partial charge < -0.3 is 10.2 Å². The molecule has 1 heterocycles. The average molecular weight is 272 g/mol. The van der Waals surface area contributed by atoms with E-state index in [1.54, 1.807) is 0 Å². The quantitative estimate of drug-likeness (QED) is 0.879. The van der Waals surface area contributed by atoms with Gasteiger partial charge in [-0.25, -0.2) is 9.48 Å². The van der Waals surface area contributed by atoms with E-state index < -0.39 is 29.2 Å². The Balaban J connectivity index is 2.73. The van der Waals surface area contributed by atoms with Crippen molar-refractivity contribution in [1.29, 1.82) is 0 Å². The highest BCUT2D eigenvalue weighted by Gasteiger charge is 2.40. The van der Waals surface area contributed by atoms with E-state index in [1.807, 2.05) is 0 Å². The zero-order valence-electron chi connectivity index (χ0n) is 9.22. The molecule has 100 valence electrons. The van der Waals surface area contributed by atoms with E-state index >= 15 is 0 Å². The fraction of sp³-hybridized carbons (Fsp3) is 0.0909. The summed E-state index contributed by atoms with van der Waals surface area (Å²) >= 11 is 0. The van der Waals surface area contributed by atoms with Crippen molar-refractivity contribution in [1.82, 2.24) is 9.78 Å². The maximum Gasteiger partial charge on any atom is 0.434 e. The third kappa shape index (κ3) is 2.24. The molecule has 2 aromatic rings. The van der Waals surface area contributed by atoms with E-state index in [1.165, 1.54) is 24.3 Å². The van der Waals surface area contributed by atoms with Crippen molar-refractivity contribution in [2.75, 3.05) is 0 Å². The summed E-state index contributed by atoms with van der Waals surface area (Å²) in [4.78, 5) is 10.8. The number of carboxylic acid groups (broad SMARTS) is 1. The van der Waals surface area contributed by atoms with Crippen LogP contribution in [0.1, 0.15) is 16.1 Å². The van der Waals surface area contributed by atoms with Gasteiger partial charge in [0, 0.05) is 0 Å². The zero-order valence-corrected chi connectivity index (χ0v) is 9.22. The molecule has 0 aliphatic heterocycles. The summed E-state index contributed by atoms with van der Waals surface area (Å²) in [5.74, 6) is -2.18. The number of rotatable bonds is 2. The summed E-state index contributed by atoms with van der Waals surface area (Å²) in [5.41, 5.74) is -2.67. The van der Waals surface area contributed by atoms with Crippen LogP contribution in [0.3, 0.4) is 0 Å². The van der Waals surface area contributed by atoms with Crippen LogP contribution < -0.4 is 0 Å². The number of aromatic carboxylic acids is 1. The molecule has 0 saturated carbocycles. The van der Waals surface area contributed by atoms with Crippen molar-refractivity contribution in [3.05, 3.63) is 41.7 Å². The monoisotopic (exact) mass is 272 g/mol. The summed E-state index contributed by atoms with van der Waals surface area (Å²) in [5, 5.41) is 21.7. The molecule has 5 nitrogen and oxygen atoms in total. The molecule has 0 unspecified atom stereocenters. The molecule has 19 heavy (non-hydrogen) atoms. The second-order valence-electron chi connectivity index (χ2n) is 3.61. The first-order valence-electron chi connectivity index (χ1n) is 4.99. The Morgan fingerprint density at radius 2 is 1.89 bits per heavy atom. The highest BCUT2D eigenvalue weighted by Crippen LogP contribution is 2.35. The number of phenolic OH excluding ortho intramolecular Hbond substituents is 1. The van der Waals surface area contributed by atoms with Crippen LogP contribution in [0.2, 0.25) is 0 Å². The Morgan fingerprint density at radius 1 is 1.26 bits per heavy atom. The summed E-state index contributed by atoms with van der Waals surface area (Å²) in [7, 11) is 0. The zero-order chi connectivity index (χ0) is 14.2. The van der Waals surface area contributed by atoms with Gasteiger partial charge in [0.15, 0.2) is 5.69 Å². The Hall–Kier alpha value is -2.51. The van der Waals surface area contributed by atoms with Gasteiger partial charge in [0.05, 0.1) is 6.20 Å². The highest BCUT2D eigenvalue weighted by atomic mass is 19.4.